The van der Waals surface area contributed by atoms with Crippen molar-refractivity contribution in [2.24, 2.45) is 0 Å². The second-order valence-electron chi connectivity index (χ2n) is 3.76. The summed E-state index contributed by atoms with van der Waals surface area (Å²) in [6.07, 6.45) is 0.974. The van der Waals surface area contributed by atoms with Crippen LogP contribution >= 0.6 is 0 Å². The molecule has 0 amide bonds. The number of hydrogen-bond acceptors (Lipinski definition) is 5. The minimum Gasteiger partial charge on any atom is -0.483 e. The van der Waals surface area contributed by atoms with Crippen LogP contribution in [0.3, 0.4) is 0 Å². The maximum atomic E-state index is 11.1. The number of para-hydroxylation sites is 2. The molecule has 1 unspecified atom stereocenters. The Morgan fingerprint density at radius 1 is 1.31 bits per heavy atom. The Morgan fingerprint density at radius 3 is 2.56 bits per heavy atom. The first-order valence-corrected chi connectivity index (χ1v) is 6.51. The summed E-state index contributed by atoms with van der Waals surface area (Å²) >= 11 is 0. The summed E-state index contributed by atoms with van der Waals surface area (Å²) in [6.45, 7) is 1.54. The van der Waals surface area contributed by atoms with Crippen LogP contribution in [0.5, 0.6) is 11.5 Å². The van der Waals surface area contributed by atoms with E-state index in [0.29, 0.717) is 11.5 Å². The molecule has 16 heavy (non-hydrogen) atoms. The van der Waals surface area contributed by atoms with Gasteiger partial charge in [-0.3, -0.25) is 0 Å². The highest BCUT2D eigenvalue weighted by Crippen LogP contribution is 2.35. The van der Waals surface area contributed by atoms with Crippen LogP contribution in [0.2, 0.25) is 0 Å². The van der Waals surface area contributed by atoms with Gasteiger partial charge in [-0.1, -0.05) is 12.1 Å². The van der Waals surface area contributed by atoms with E-state index in [9.17, 15) is 8.42 Å². The number of benzene rings is 1. The van der Waals surface area contributed by atoms with Gasteiger partial charge in [0.2, 0.25) is 0 Å². The molecule has 5 nitrogen and oxygen atoms in total. The average Bonchev–Trinajstić information content (AvgIpc) is 2.14. The van der Waals surface area contributed by atoms with Crippen LogP contribution in [0.1, 0.15) is 6.92 Å². The zero-order chi connectivity index (χ0) is 11.8. The number of hydrogen-bond donors (Lipinski definition) is 0. The lowest BCUT2D eigenvalue weighted by Crippen LogP contribution is -2.45. The predicted molar refractivity (Wildman–Crippen MR) is 56.9 cm³/mol. The van der Waals surface area contributed by atoms with Crippen molar-refractivity contribution in [1.82, 2.24) is 0 Å². The van der Waals surface area contributed by atoms with Gasteiger partial charge < -0.3 is 9.47 Å². The van der Waals surface area contributed by atoms with E-state index in [1.807, 2.05) is 6.07 Å². The van der Waals surface area contributed by atoms with Gasteiger partial charge >= 0.3 is 0 Å². The van der Waals surface area contributed by atoms with E-state index < -0.39 is 15.9 Å². The van der Waals surface area contributed by atoms with E-state index in [-0.39, 0.29) is 6.61 Å². The van der Waals surface area contributed by atoms with Crippen molar-refractivity contribution in [2.75, 3.05) is 12.9 Å². The molecule has 0 saturated heterocycles. The van der Waals surface area contributed by atoms with Gasteiger partial charge in [0, 0.05) is 6.92 Å². The molecule has 1 aromatic rings. The third-order valence-electron chi connectivity index (χ3n) is 1.99. The van der Waals surface area contributed by atoms with Gasteiger partial charge in [0.15, 0.2) is 18.1 Å². The predicted octanol–water partition coefficient (Wildman–Crippen LogP) is 1.15. The summed E-state index contributed by atoms with van der Waals surface area (Å²) in [5.41, 5.74) is 0. The highest BCUT2D eigenvalue weighted by molar-refractivity contribution is 7.86. The van der Waals surface area contributed by atoms with Crippen molar-refractivity contribution in [3.8, 4) is 11.5 Å². The van der Waals surface area contributed by atoms with Gasteiger partial charge in [0.1, 0.15) is 0 Å². The highest BCUT2D eigenvalue weighted by Gasteiger charge is 2.37. The first kappa shape index (κ1) is 11.2. The standard InChI is InChI=1S/C10H12O5S/c1-10(15-16(2,11)12)7-13-8-5-3-4-6-9(8)14-10/h3-6H,7H2,1-2H3. The normalized spacial score (nSPS) is 24.1. The van der Waals surface area contributed by atoms with Gasteiger partial charge in [-0.25, -0.2) is 4.18 Å². The van der Waals surface area contributed by atoms with Gasteiger partial charge in [-0.15, -0.1) is 0 Å². The van der Waals surface area contributed by atoms with Crippen LogP contribution in [-0.2, 0) is 14.3 Å². The largest absolute Gasteiger partial charge is 0.483 e. The Balaban J connectivity index is 2.24. The molecule has 6 heteroatoms. The lowest BCUT2D eigenvalue weighted by molar-refractivity contribution is -0.135. The van der Waals surface area contributed by atoms with Crippen LogP contribution in [0.25, 0.3) is 0 Å². The number of fused-ring (bicyclic) bond motifs is 1. The minimum atomic E-state index is -3.59. The molecule has 88 valence electrons. The molecular weight excluding hydrogens is 232 g/mol. The zero-order valence-electron chi connectivity index (χ0n) is 8.97. The molecule has 0 bridgehead atoms. The van der Waals surface area contributed by atoms with Crippen LogP contribution in [0.15, 0.2) is 24.3 Å². The summed E-state index contributed by atoms with van der Waals surface area (Å²) in [6, 6.07) is 7.02. The number of ether oxygens (including phenoxy) is 2. The first-order chi connectivity index (χ1) is 7.38. The fourth-order valence-electron chi connectivity index (χ4n) is 1.49. The molecule has 0 radical (unpaired) electrons. The Morgan fingerprint density at radius 2 is 1.94 bits per heavy atom. The van der Waals surface area contributed by atoms with Gasteiger partial charge in [0.25, 0.3) is 15.9 Å². The SMILES string of the molecule is CC1(OS(C)(=O)=O)COc2ccccc2O1. The topological polar surface area (TPSA) is 61.8 Å². The van der Waals surface area contributed by atoms with Gasteiger partial charge in [-0.2, -0.15) is 8.42 Å². The Kier molecular flexibility index (Phi) is 2.55. The van der Waals surface area contributed by atoms with Crippen molar-refractivity contribution in [2.45, 2.75) is 12.7 Å². The highest BCUT2D eigenvalue weighted by atomic mass is 32.2. The molecule has 1 atom stereocenters. The Hall–Kier alpha value is -1.27. The molecule has 0 aromatic heterocycles. The van der Waals surface area contributed by atoms with E-state index in [2.05, 4.69) is 0 Å². The molecule has 0 saturated carbocycles. The van der Waals surface area contributed by atoms with Crippen molar-refractivity contribution in [3.05, 3.63) is 24.3 Å². The molecule has 0 aliphatic carbocycles. The van der Waals surface area contributed by atoms with Gasteiger partial charge in [0.05, 0.1) is 6.26 Å². The summed E-state index contributed by atoms with van der Waals surface area (Å²) in [5.74, 6) is -0.251. The lowest BCUT2D eigenvalue weighted by atomic mass is 10.2. The molecular formula is C10H12O5S. The molecule has 1 aliphatic heterocycles. The van der Waals surface area contributed by atoms with Crippen LogP contribution in [0.4, 0.5) is 0 Å². The van der Waals surface area contributed by atoms with E-state index in [1.54, 1.807) is 18.2 Å². The smallest absolute Gasteiger partial charge is 0.268 e. The van der Waals surface area contributed by atoms with Crippen LogP contribution < -0.4 is 9.47 Å². The minimum absolute atomic E-state index is 0.0249. The first-order valence-electron chi connectivity index (χ1n) is 4.69. The summed E-state index contributed by atoms with van der Waals surface area (Å²) in [4.78, 5) is 0. The van der Waals surface area contributed by atoms with Crippen LogP contribution in [-0.4, -0.2) is 27.1 Å². The Labute approximate surface area is 94.1 Å². The van der Waals surface area contributed by atoms with E-state index in [4.69, 9.17) is 13.7 Å². The fraction of sp³-hybridized carbons (Fsp3) is 0.400. The van der Waals surface area contributed by atoms with E-state index in [1.165, 1.54) is 6.92 Å². The summed E-state index contributed by atoms with van der Waals surface area (Å²) in [7, 11) is -3.59. The van der Waals surface area contributed by atoms with Crippen molar-refractivity contribution in [3.63, 3.8) is 0 Å². The number of rotatable bonds is 2. The van der Waals surface area contributed by atoms with Crippen molar-refractivity contribution < 1.29 is 22.1 Å². The third-order valence-corrected chi connectivity index (χ3v) is 2.65. The van der Waals surface area contributed by atoms with E-state index in [0.717, 1.165) is 6.26 Å². The lowest BCUT2D eigenvalue weighted by Gasteiger charge is -2.33. The van der Waals surface area contributed by atoms with Gasteiger partial charge in [-0.05, 0) is 12.1 Å². The van der Waals surface area contributed by atoms with Crippen LogP contribution in [0, 0.1) is 0 Å². The maximum absolute atomic E-state index is 11.1. The summed E-state index contributed by atoms with van der Waals surface area (Å²) in [5, 5.41) is 0. The van der Waals surface area contributed by atoms with E-state index >= 15 is 0 Å². The Bertz CT molecular complexity index is 496. The molecule has 1 aromatic carbocycles. The monoisotopic (exact) mass is 244 g/mol. The molecule has 1 aliphatic rings. The second-order valence-corrected chi connectivity index (χ2v) is 5.33. The quantitative estimate of drug-likeness (QED) is 0.730. The van der Waals surface area contributed by atoms with Crippen molar-refractivity contribution >= 4 is 10.1 Å². The molecule has 0 fully saturated rings. The average molecular weight is 244 g/mol. The third kappa shape index (κ3) is 2.45. The fourth-order valence-corrected chi connectivity index (χ4v) is 2.21. The zero-order valence-corrected chi connectivity index (χ0v) is 9.78. The maximum Gasteiger partial charge on any atom is 0.268 e. The summed E-state index contributed by atoms with van der Waals surface area (Å²) < 4.78 is 37.8. The molecule has 1 heterocycles. The van der Waals surface area contributed by atoms with Crippen molar-refractivity contribution in [1.29, 1.82) is 0 Å². The molecule has 0 spiro atoms. The molecule has 0 N–H and O–H groups in total. The molecule has 2 rings (SSSR count). The second kappa shape index (κ2) is 3.64.